The number of nitrogens with zero attached hydrogens (tertiary/aromatic N) is 5. The van der Waals surface area contributed by atoms with Gasteiger partial charge in [0.2, 0.25) is 5.91 Å². The molecule has 3 heterocycles. The lowest BCUT2D eigenvalue weighted by Crippen LogP contribution is -2.42. The maximum absolute atomic E-state index is 12.2. The molecule has 1 aliphatic heterocycles. The number of ether oxygens (including phenoxy) is 1. The van der Waals surface area contributed by atoms with E-state index in [1.807, 2.05) is 18.0 Å². The molecule has 3 rings (SSSR count). The fourth-order valence-corrected chi connectivity index (χ4v) is 5.34. The molecule has 2 aromatic rings. The van der Waals surface area contributed by atoms with Crippen molar-refractivity contribution >= 4 is 23.2 Å². The van der Waals surface area contributed by atoms with E-state index in [2.05, 4.69) is 94.0 Å². The SMILES string of the molecule is CC/C=C\C/C=C\C/C=C\C/C=C\C/C=C\C/C=C\CCC(=O)NCCN(C)CCN(C[C@@H]1CC[C@H](n2cnc3c(=O)[nH]cnc32)O1)C(=O)O. The summed E-state index contributed by atoms with van der Waals surface area (Å²) in [6, 6.07) is 0. The molecular weight excluding hydrogens is 634 g/mol. The molecular formula is C38H55N7O5. The van der Waals surface area contributed by atoms with Gasteiger partial charge in [0, 0.05) is 32.6 Å². The number of rotatable bonds is 23. The molecule has 2 atom stereocenters. The van der Waals surface area contributed by atoms with Gasteiger partial charge in [0.25, 0.3) is 5.56 Å². The summed E-state index contributed by atoms with van der Waals surface area (Å²) < 4.78 is 7.85. The van der Waals surface area contributed by atoms with Crippen molar-refractivity contribution in [2.24, 2.45) is 0 Å². The van der Waals surface area contributed by atoms with Crippen molar-refractivity contribution in [3.8, 4) is 0 Å². The van der Waals surface area contributed by atoms with E-state index in [0.29, 0.717) is 57.5 Å². The molecule has 1 saturated heterocycles. The summed E-state index contributed by atoms with van der Waals surface area (Å²) in [5.74, 6) is 0.00325. The Bertz CT molecular complexity index is 1540. The minimum absolute atomic E-state index is 0.00325. The van der Waals surface area contributed by atoms with Crippen molar-refractivity contribution in [2.75, 3.05) is 39.8 Å². The highest BCUT2D eigenvalue weighted by molar-refractivity contribution is 5.76. The van der Waals surface area contributed by atoms with Crippen LogP contribution in [-0.2, 0) is 9.53 Å². The number of carbonyl (C=O) groups excluding carboxylic acids is 1. The Labute approximate surface area is 296 Å². The number of hydrogen-bond acceptors (Lipinski definition) is 7. The van der Waals surface area contributed by atoms with Gasteiger partial charge in [-0.25, -0.2) is 14.8 Å². The molecule has 12 nitrogen and oxygen atoms in total. The maximum atomic E-state index is 12.2. The molecule has 0 unspecified atom stereocenters. The van der Waals surface area contributed by atoms with Crippen LogP contribution in [0.2, 0.25) is 0 Å². The van der Waals surface area contributed by atoms with Crippen LogP contribution in [0.25, 0.3) is 11.2 Å². The predicted molar refractivity (Wildman–Crippen MR) is 199 cm³/mol. The second kappa shape index (κ2) is 23.7. The number of carboxylic acid groups (broad SMARTS) is 1. The van der Waals surface area contributed by atoms with E-state index in [1.54, 1.807) is 4.57 Å². The van der Waals surface area contributed by atoms with Gasteiger partial charge in [0.15, 0.2) is 11.2 Å². The predicted octanol–water partition coefficient (Wildman–Crippen LogP) is 6.30. The van der Waals surface area contributed by atoms with Crippen molar-refractivity contribution in [1.82, 2.24) is 34.6 Å². The van der Waals surface area contributed by atoms with Gasteiger partial charge in [-0.1, -0.05) is 79.8 Å². The van der Waals surface area contributed by atoms with E-state index < -0.39 is 6.09 Å². The maximum Gasteiger partial charge on any atom is 0.407 e. The summed E-state index contributed by atoms with van der Waals surface area (Å²) in [6.45, 7) is 4.33. The number of likely N-dealkylation sites (N-methyl/N-ethyl adjacent to an activating group) is 1. The Morgan fingerprint density at radius 3 is 2.16 bits per heavy atom. The molecule has 0 radical (unpaired) electrons. The highest BCUT2D eigenvalue weighted by Gasteiger charge is 2.30. The van der Waals surface area contributed by atoms with E-state index in [4.69, 9.17) is 4.74 Å². The second-order valence-electron chi connectivity index (χ2n) is 12.2. The highest BCUT2D eigenvalue weighted by atomic mass is 16.5. The van der Waals surface area contributed by atoms with Gasteiger partial charge in [0.1, 0.15) is 6.23 Å². The number of H-pyrrole nitrogens is 1. The van der Waals surface area contributed by atoms with Crippen molar-refractivity contribution < 1.29 is 19.4 Å². The van der Waals surface area contributed by atoms with Crippen molar-refractivity contribution in [3.63, 3.8) is 0 Å². The molecule has 0 spiro atoms. The summed E-state index contributed by atoms with van der Waals surface area (Å²) in [5, 5.41) is 12.7. The molecule has 50 heavy (non-hydrogen) atoms. The van der Waals surface area contributed by atoms with Gasteiger partial charge in [-0.15, -0.1) is 0 Å². The number of aromatic amines is 1. The monoisotopic (exact) mass is 689 g/mol. The fourth-order valence-electron chi connectivity index (χ4n) is 5.34. The van der Waals surface area contributed by atoms with Gasteiger partial charge in [-0.2, -0.15) is 0 Å². The number of carbonyl (C=O) groups is 2. The van der Waals surface area contributed by atoms with Crippen LogP contribution in [0.1, 0.15) is 77.4 Å². The molecule has 272 valence electrons. The first-order chi connectivity index (χ1) is 24.4. The normalized spacial score (nSPS) is 17.0. The summed E-state index contributed by atoms with van der Waals surface area (Å²) in [6.07, 6.45) is 35.4. The average Bonchev–Trinajstić information content (AvgIpc) is 3.75. The van der Waals surface area contributed by atoms with Crippen LogP contribution in [0.5, 0.6) is 0 Å². The Balaban J connectivity index is 1.20. The van der Waals surface area contributed by atoms with Gasteiger partial charge < -0.3 is 29.9 Å². The average molecular weight is 690 g/mol. The number of nitrogens with one attached hydrogen (secondary N) is 2. The third-order valence-electron chi connectivity index (χ3n) is 8.16. The minimum Gasteiger partial charge on any atom is -0.465 e. The number of imidazole rings is 1. The first-order valence-corrected chi connectivity index (χ1v) is 17.8. The van der Waals surface area contributed by atoms with Crippen LogP contribution < -0.4 is 10.9 Å². The molecule has 2 aromatic heterocycles. The van der Waals surface area contributed by atoms with Crippen molar-refractivity contribution in [1.29, 1.82) is 0 Å². The van der Waals surface area contributed by atoms with Crippen LogP contribution in [-0.4, -0.2) is 92.3 Å². The lowest BCUT2D eigenvalue weighted by molar-refractivity contribution is -0.121. The Morgan fingerprint density at radius 1 is 0.920 bits per heavy atom. The first-order valence-electron chi connectivity index (χ1n) is 17.8. The Morgan fingerprint density at radius 2 is 1.54 bits per heavy atom. The standard InChI is InChI=1S/C38H55N7O5/c1-3-4-5-6-7-8-9-10-11-12-13-14-15-16-17-18-19-20-21-22-33(46)39-25-26-43(2)27-28-44(38(48)49)29-32-23-24-34(50-32)45-31-42-35-36(45)40-30-41-37(35)47/h4-5,7-8,10-11,13-14,16-17,19-20,30-32,34H,3,6,9,12,15,18,21-29H2,1-2H3,(H,39,46)(H,48,49)(H,40,41,47)/b5-4-,8-7-,11-10-,14-13-,17-16-,20-19-/t32-,34+/m0/s1. The first kappa shape index (κ1) is 39.9. The molecule has 0 aliphatic carbocycles. The zero-order valence-electron chi connectivity index (χ0n) is 29.7. The fraction of sp³-hybridized carbons (Fsp3) is 0.500. The van der Waals surface area contributed by atoms with Crippen LogP contribution >= 0.6 is 0 Å². The lowest BCUT2D eigenvalue weighted by atomic mass is 10.2. The Hall–Kier alpha value is -4.55. The molecule has 0 saturated carbocycles. The lowest BCUT2D eigenvalue weighted by Gasteiger charge is -2.26. The third kappa shape index (κ3) is 15.3. The smallest absolute Gasteiger partial charge is 0.407 e. The number of hydrogen-bond donors (Lipinski definition) is 3. The topological polar surface area (TPSA) is 146 Å². The van der Waals surface area contributed by atoms with Crippen molar-refractivity contribution in [2.45, 2.75) is 83.5 Å². The molecule has 12 heteroatoms. The molecule has 0 aromatic carbocycles. The highest BCUT2D eigenvalue weighted by Crippen LogP contribution is 2.30. The number of amides is 2. The number of aromatic nitrogens is 4. The zero-order chi connectivity index (χ0) is 35.8. The van der Waals surface area contributed by atoms with Gasteiger partial charge >= 0.3 is 6.09 Å². The van der Waals surface area contributed by atoms with Crippen LogP contribution in [0.3, 0.4) is 0 Å². The summed E-state index contributed by atoms with van der Waals surface area (Å²) >= 11 is 0. The van der Waals surface area contributed by atoms with Gasteiger partial charge in [-0.05, 0) is 64.8 Å². The van der Waals surface area contributed by atoms with E-state index >= 15 is 0 Å². The second-order valence-corrected chi connectivity index (χ2v) is 12.2. The molecule has 3 N–H and O–H groups in total. The quantitative estimate of drug-likeness (QED) is 0.115. The number of allylic oxidation sites excluding steroid dienone is 12. The van der Waals surface area contributed by atoms with Crippen LogP contribution in [0.15, 0.2) is 90.4 Å². The molecule has 1 fully saturated rings. The Kier molecular flexibility index (Phi) is 18.9. The molecule has 1 aliphatic rings. The van der Waals surface area contributed by atoms with Crippen molar-refractivity contribution in [3.05, 3.63) is 95.9 Å². The summed E-state index contributed by atoms with van der Waals surface area (Å²) in [5.41, 5.74) is 0.373. The summed E-state index contributed by atoms with van der Waals surface area (Å²) in [7, 11) is 1.91. The largest absolute Gasteiger partial charge is 0.465 e. The van der Waals surface area contributed by atoms with Gasteiger partial charge in [-0.3, -0.25) is 14.2 Å². The van der Waals surface area contributed by atoms with Gasteiger partial charge in [0.05, 0.1) is 25.3 Å². The van der Waals surface area contributed by atoms with E-state index in [-0.39, 0.29) is 35.9 Å². The van der Waals surface area contributed by atoms with E-state index in [1.165, 1.54) is 17.6 Å². The summed E-state index contributed by atoms with van der Waals surface area (Å²) in [4.78, 5) is 50.4. The zero-order valence-corrected chi connectivity index (χ0v) is 29.7. The van der Waals surface area contributed by atoms with E-state index in [0.717, 1.165) is 38.5 Å². The molecule has 0 bridgehead atoms. The molecule has 2 amide bonds. The van der Waals surface area contributed by atoms with E-state index in [9.17, 15) is 19.5 Å². The van der Waals surface area contributed by atoms with Crippen LogP contribution in [0.4, 0.5) is 4.79 Å². The number of fused-ring (bicyclic) bond motifs is 1. The van der Waals surface area contributed by atoms with Crippen LogP contribution in [0, 0.1) is 0 Å². The minimum atomic E-state index is -1.01. The third-order valence-corrected chi connectivity index (χ3v) is 8.16.